The molecule has 0 fully saturated rings. The van der Waals surface area contributed by atoms with Gasteiger partial charge in [-0.15, -0.1) is 11.3 Å². The second-order valence-electron chi connectivity index (χ2n) is 10.2. The molecule has 0 saturated heterocycles. The van der Waals surface area contributed by atoms with Crippen LogP contribution in [0.5, 0.6) is 0 Å². The largest absolute Gasteiger partial charge is 0.278 e. The van der Waals surface area contributed by atoms with Gasteiger partial charge < -0.3 is 0 Å². The van der Waals surface area contributed by atoms with E-state index in [2.05, 4.69) is 96.4 Å². The summed E-state index contributed by atoms with van der Waals surface area (Å²) in [5, 5.41) is 5.21. The molecule has 4 aromatic carbocycles. The van der Waals surface area contributed by atoms with Crippen LogP contribution in [-0.4, -0.2) is 14.5 Å². The number of hydrogen-bond acceptors (Lipinski definition) is 3. The fraction of sp³-hybridized carbons (Fsp3) is 0.152. The molecule has 1 aliphatic carbocycles. The summed E-state index contributed by atoms with van der Waals surface area (Å²) in [6, 6.07) is 30.8. The van der Waals surface area contributed by atoms with Gasteiger partial charge in [0.15, 0.2) is 0 Å². The number of aryl methyl sites for hydroxylation is 2. The number of aromatic nitrogens is 3. The highest BCUT2D eigenvalue weighted by molar-refractivity contribution is 7.26. The molecule has 0 spiro atoms. The fourth-order valence-electron chi connectivity index (χ4n) is 6.12. The summed E-state index contributed by atoms with van der Waals surface area (Å²) in [6.45, 7) is 2.14. The monoisotopic (exact) mass is 495 g/mol. The van der Waals surface area contributed by atoms with Crippen molar-refractivity contribution in [1.29, 1.82) is 0 Å². The number of para-hydroxylation sites is 1. The van der Waals surface area contributed by atoms with Gasteiger partial charge in [-0.2, -0.15) is 0 Å². The van der Waals surface area contributed by atoms with Crippen molar-refractivity contribution in [3.05, 3.63) is 102 Å². The molecule has 178 valence electrons. The van der Waals surface area contributed by atoms with Crippen molar-refractivity contribution in [3.63, 3.8) is 0 Å². The topological polar surface area (TPSA) is 30.7 Å². The van der Waals surface area contributed by atoms with E-state index in [4.69, 9.17) is 9.97 Å². The van der Waals surface area contributed by atoms with Crippen molar-refractivity contribution in [2.75, 3.05) is 0 Å². The molecule has 0 atom stereocenters. The number of hydrogen-bond donors (Lipinski definition) is 0. The molecule has 4 heteroatoms. The minimum atomic E-state index is 0.779. The molecule has 3 nitrogen and oxygen atoms in total. The van der Waals surface area contributed by atoms with Crippen molar-refractivity contribution >= 4 is 53.3 Å². The Balaban J connectivity index is 1.49. The lowest BCUT2D eigenvalue weighted by Crippen LogP contribution is -2.13. The van der Waals surface area contributed by atoms with Gasteiger partial charge in [0.25, 0.3) is 0 Å². The van der Waals surface area contributed by atoms with Gasteiger partial charge in [0.05, 0.1) is 16.7 Å². The first-order chi connectivity index (χ1) is 18.3. The molecule has 1 aliphatic rings. The Kier molecular flexibility index (Phi) is 4.56. The van der Waals surface area contributed by atoms with E-state index in [1.807, 2.05) is 11.3 Å². The van der Waals surface area contributed by atoms with E-state index >= 15 is 0 Å². The summed E-state index contributed by atoms with van der Waals surface area (Å²) in [7, 11) is 0. The van der Waals surface area contributed by atoms with Crippen LogP contribution in [0.1, 0.15) is 29.7 Å². The SMILES string of the molecule is Cc1ccc(-c2nc(-n3c4ccccc4c4c5c(ccc43)sc3ccccc35)nc3c2CCCC3)cc1. The first-order valence-corrected chi connectivity index (χ1v) is 13.9. The Morgan fingerprint density at radius 2 is 1.46 bits per heavy atom. The molecular weight excluding hydrogens is 470 g/mol. The number of benzene rings is 4. The van der Waals surface area contributed by atoms with Crippen molar-refractivity contribution < 1.29 is 0 Å². The smallest absolute Gasteiger partial charge is 0.235 e. The number of thiophene rings is 1. The van der Waals surface area contributed by atoms with E-state index in [1.165, 1.54) is 71.7 Å². The highest BCUT2D eigenvalue weighted by Gasteiger charge is 2.23. The highest BCUT2D eigenvalue weighted by Crippen LogP contribution is 2.43. The fourth-order valence-corrected chi connectivity index (χ4v) is 7.23. The Morgan fingerprint density at radius 1 is 0.676 bits per heavy atom. The zero-order valence-electron chi connectivity index (χ0n) is 20.7. The Hall–Kier alpha value is -4.02. The van der Waals surface area contributed by atoms with Gasteiger partial charge in [-0.25, -0.2) is 9.97 Å². The van der Waals surface area contributed by atoms with Gasteiger partial charge >= 0.3 is 0 Å². The van der Waals surface area contributed by atoms with Crippen LogP contribution in [0.15, 0.2) is 84.9 Å². The van der Waals surface area contributed by atoms with Crippen LogP contribution in [0.4, 0.5) is 0 Å². The molecular formula is C33H25N3S. The summed E-state index contributed by atoms with van der Waals surface area (Å²) in [5.74, 6) is 0.779. The van der Waals surface area contributed by atoms with Crippen LogP contribution < -0.4 is 0 Å². The molecule has 0 bridgehead atoms. The predicted molar refractivity (Wildman–Crippen MR) is 156 cm³/mol. The zero-order valence-corrected chi connectivity index (χ0v) is 21.5. The maximum absolute atomic E-state index is 5.31. The summed E-state index contributed by atoms with van der Waals surface area (Å²) >= 11 is 1.87. The molecule has 3 aromatic heterocycles. The predicted octanol–water partition coefficient (Wildman–Crippen LogP) is 8.80. The van der Waals surface area contributed by atoms with Gasteiger partial charge in [0, 0.05) is 47.8 Å². The summed E-state index contributed by atoms with van der Waals surface area (Å²) in [5.41, 5.74) is 8.40. The average Bonchev–Trinajstić information content (AvgIpc) is 3.48. The average molecular weight is 496 g/mol. The lowest BCUT2D eigenvalue weighted by Gasteiger charge is -2.20. The molecule has 0 saturated carbocycles. The van der Waals surface area contributed by atoms with Gasteiger partial charge in [-0.3, -0.25) is 4.57 Å². The van der Waals surface area contributed by atoms with Gasteiger partial charge in [-0.1, -0.05) is 66.2 Å². The Morgan fingerprint density at radius 3 is 2.35 bits per heavy atom. The highest BCUT2D eigenvalue weighted by atomic mass is 32.1. The summed E-state index contributed by atoms with van der Waals surface area (Å²) < 4.78 is 4.94. The van der Waals surface area contributed by atoms with Gasteiger partial charge in [0.1, 0.15) is 0 Å². The van der Waals surface area contributed by atoms with Crippen LogP contribution in [0, 0.1) is 6.92 Å². The molecule has 0 N–H and O–H groups in total. The zero-order chi connectivity index (χ0) is 24.5. The molecule has 0 unspecified atom stereocenters. The molecule has 7 aromatic rings. The van der Waals surface area contributed by atoms with Crippen LogP contribution in [-0.2, 0) is 12.8 Å². The normalized spacial score (nSPS) is 13.6. The first kappa shape index (κ1) is 21.1. The quantitative estimate of drug-likeness (QED) is 0.240. The molecule has 3 heterocycles. The van der Waals surface area contributed by atoms with Crippen LogP contribution in [0.2, 0.25) is 0 Å². The van der Waals surface area contributed by atoms with Gasteiger partial charge in [0.2, 0.25) is 5.95 Å². The molecule has 8 rings (SSSR count). The summed E-state index contributed by atoms with van der Waals surface area (Å²) in [6.07, 6.45) is 4.45. The minimum absolute atomic E-state index is 0.779. The number of fused-ring (bicyclic) bond motifs is 8. The summed E-state index contributed by atoms with van der Waals surface area (Å²) in [4.78, 5) is 10.6. The third-order valence-corrected chi connectivity index (χ3v) is 9.01. The standard InChI is InChI=1S/C33H25N3S/c1-20-14-16-21(17-15-20)32-22-8-2-5-11-25(22)34-33(35-32)36-26-12-6-3-9-23(26)30-27(36)18-19-29-31(30)24-10-4-7-13-28(24)37-29/h3-4,6-7,9-10,12-19H,2,5,8,11H2,1H3. The van der Waals surface area contributed by atoms with Crippen molar-refractivity contribution in [1.82, 2.24) is 14.5 Å². The van der Waals surface area contributed by atoms with Crippen LogP contribution in [0.3, 0.4) is 0 Å². The Labute approximate surface area is 219 Å². The number of nitrogens with zero attached hydrogens (tertiary/aromatic N) is 3. The minimum Gasteiger partial charge on any atom is -0.278 e. The van der Waals surface area contributed by atoms with E-state index in [9.17, 15) is 0 Å². The van der Waals surface area contributed by atoms with Crippen LogP contribution >= 0.6 is 11.3 Å². The van der Waals surface area contributed by atoms with Crippen LogP contribution in [0.25, 0.3) is 59.2 Å². The third-order valence-electron chi connectivity index (χ3n) is 7.87. The Bertz CT molecular complexity index is 1990. The molecule has 0 aliphatic heterocycles. The molecule has 0 radical (unpaired) electrons. The molecule has 37 heavy (non-hydrogen) atoms. The van der Waals surface area contributed by atoms with E-state index in [0.717, 1.165) is 30.0 Å². The van der Waals surface area contributed by atoms with Crippen molar-refractivity contribution in [2.24, 2.45) is 0 Å². The van der Waals surface area contributed by atoms with E-state index in [0.29, 0.717) is 0 Å². The maximum atomic E-state index is 5.31. The van der Waals surface area contributed by atoms with E-state index in [1.54, 1.807) is 0 Å². The second-order valence-corrected chi connectivity index (χ2v) is 11.2. The lowest BCUT2D eigenvalue weighted by molar-refractivity contribution is 0.661. The van der Waals surface area contributed by atoms with E-state index < -0.39 is 0 Å². The maximum Gasteiger partial charge on any atom is 0.235 e. The third kappa shape index (κ3) is 3.12. The van der Waals surface area contributed by atoms with Crippen molar-refractivity contribution in [3.8, 4) is 17.2 Å². The second kappa shape index (κ2) is 7.99. The van der Waals surface area contributed by atoms with E-state index in [-0.39, 0.29) is 0 Å². The lowest BCUT2D eigenvalue weighted by atomic mass is 9.92. The first-order valence-electron chi connectivity index (χ1n) is 13.1. The number of rotatable bonds is 2. The van der Waals surface area contributed by atoms with Gasteiger partial charge in [-0.05, 0) is 56.9 Å². The molecule has 0 amide bonds. The van der Waals surface area contributed by atoms with Crippen molar-refractivity contribution in [2.45, 2.75) is 32.6 Å².